The number of nitrogens with one attached hydrogen (secondary N) is 1. The number of hydrogen-bond acceptors (Lipinski definition) is 5. The summed E-state index contributed by atoms with van der Waals surface area (Å²) in [6, 6.07) is 2.11. The van der Waals surface area contributed by atoms with Crippen LogP contribution in [0.4, 0.5) is 0 Å². The Bertz CT molecular complexity index is 359. The van der Waals surface area contributed by atoms with Gasteiger partial charge in [-0.3, -0.25) is 14.6 Å². The highest BCUT2D eigenvalue weighted by atomic mass is 16.5. The zero-order valence-electron chi connectivity index (χ0n) is 13.5. The first-order chi connectivity index (χ1) is 9.99. The minimum atomic E-state index is -0.0791. The van der Waals surface area contributed by atoms with Crippen molar-refractivity contribution in [2.45, 2.75) is 32.7 Å². The molecule has 1 N–H and O–H groups in total. The summed E-state index contributed by atoms with van der Waals surface area (Å²) in [6.07, 6.45) is 0.939. The van der Waals surface area contributed by atoms with Crippen LogP contribution in [-0.4, -0.2) is 73.7 Å². The maximum absolute atomic E-state index is 12.0. The van der Waals surface area contributed by atoms with E-state index < -0.39 is 0 Å². The molecule has 0 radical (unpaired) electrons. The molecule has 6 nitrogen and oxygen atoms in total. The predicted molar refractivity (Wildman–Crippen MR) is 81.8 cm³/mol. The lowest BCUT2D eigenvalue weighted by atomic mass is 10.0. The molecule has 0 atom stereocenters. The van der Waals surface area contributed by atoms with E-state index >= 15 is 0 Å². The Hall–Kier alpha value is -1.16. The van der Waals surface area contributed by atoms with Gasteiger partial charge in [0.1, 0.15) is 0 Å². The average Bonchev–Trinajstić information content (AvgIpc) is 2.47. The molecule has 0 aliphatic carbocycles. The molecule has 1 amide bonds. The van der Waals surface area contributed by atoms with Crippen molar-refractivity contribution in [2.24, 2.45) is 0 Å². The maximum Gasteiger partial charge on any atom is 0.234 e. The van der Waals surface area contributed by atoms with Crippen LogP contribution >= 0.6 is 0 Å². The van der Waals surface area contributed by atoms with Crippen molar-refractivity contribution in [1.29, 1.82) is 5.26 Å². The van der Waals surface area contributed by atoms with Crippen LogP contribution in [0.2, 0.25) is 0 Å². The van der Waals surface area contributed by atoms with Crippen LogP contribution in [0.15, 0.2) is 0 Å². The number of rotatable bonds is 8. The van der Waals surface area contributed by atoms with Crippen LogP contribution in [0.1, 0.15) is 27.2 Å². The van der Waals surface area contributed by atoms with Gasteiger partial charge in [0, 0.05) is 25.2 Å². The van der Waals surface area contributed by atoms with Gasteiger partial charge in [0.15, 0.2) is 0 Å². The second-order valence-corrected chi connectivity index (χ2v) is 6.06. The Balaban J connectivity index is 2.38. The third kappa shape index (κ3) is 6.42. The van der Waals surface area contributed by atoms with Crippen molar-refractivity contribution in [3.8, 4) is 6.07 Å². The lowest BCUT2D eigenvalue weighted by molar-refractivity contribution is -0.122. The van der Waals surface area contributed by atoms with E-state index in [4.69, 9.17) is 10.00 Å². The van der Waals surface area contributed by atoms with E-state index in [1.807, 2.05) is 11.8 Å². The number of ether oxygens (including phenoxy) is 1. The summed E-state index contributed by atoms with van der Waals surface area (Å²) in [4.78, 5) is 16.2. The zero-order valence-corrected chi connectivity index (χ0v) is 13.5. The molecule has 1 heterocycles. The van der Waals surface area contributed by atoms with E-state index in [0.717, 1.165) is 39.3 Å². The molecule has 1 aliphatic rings. The highest BCUT2D eigenvalue weighted by Crippen LogP contribution is 2.14. The van der Waals surface area contributed by atoms with E-state index in [2.05, 4.69) is 30.1 Å². The largest absolute Gasteiger partial charge is 0.379 e. The Labute approximate surface area is 128 Å². The van der Waals surface area contributed by atoms with Crippen molar-refractivity contribution in [3.63, 3.8) is 0 Å². The second-order valence-electron chi connectivity index (χ2n) is 6.06. The summed E-state index contributed by atoms with van der Waals surface area (Å²) in [7, 11) is 0. The van der Waals surface area contributed by atoms with Gasteiger partial charge in [0.05, 0.1) is 32.4 Å². The highest BCUT2D eigenvalue weighted by molar-refractivity contribution is 5.78. The Kier molecular flexibility index (Phi) is 7.65. The first kappa shape index (κ1) is 17.9. The summed E-state index contributed by atoms with van der Waals surface area (Å²) in [6.45, 7) is 11.6. The number of morpholine rings is 1. The van der Waals surface area contributed by atoms with E-state index in [9.17, 15) is 4.79 Å². The van der Waals surface area contributed by atoms with Crippen molar-refractivity contribution < 1.29 is 9.53 Å². The number of carbonyl (C=O) groups is 1. The topological polar surface area (TPSA) is 68.6 Å². The van der Waals surface area contributed by atoms with E-state index in [-0.39, 0.29) is 11.4 Å². The minimum Gasteiger partial charge on any atom is -0.379 e. The van der Waals surface area contributed by atoms with E-state index in [1.165, 1.54) is 0 Å². The first-order valence-electron chi connectivity index (χ1n) is 7.68. The van der Waals surface area contributed by atoms with Gasteiger partial charge in [-0.25, -0.2) is 0 Å². The molecule has 0 saturated carbocycles. The summed E-state index contributed by atoms with van der Waals surface area (Å²) < 4.78 is 5.36. The summed E-state index contributed by atoms with van der Waals surface area (Å²) in [5.74, 6) is -0.0139. The molecule has 0 aromatic carbocycles. The number of nitrogens with zero attached hydrogens (tertiary/aromatic N) is 3. The number of carbonyl (C=O) groups excluding carboxylic acids is 1. The van der Waals surface area contributed by atoms with Gasteiger partial charge < -0.3 is 10.1 Å². The number of hydrogen-bond donors (Lipinski definition) is 1. The molecule has 120 valence electrons. The number of nitriles is 1. The fraction of sp³-hybridized carbons (Fsp3) is 0.867. The molecule has 6 heteroatoms. The third-order valence-corrected chi connectivity index (χ3v) is 3.79. The predicted octanol–water partition coefficient (Wildman–Crippen LogP) is 0.449. The molecule has 1 rings (SSSR count). The van der Waals surface area contributed by atoms with Gasteiger partial charge in [-0.1, -0.05) is 6.92 Å². The second kappa shape index (κ2) is 8.98. The fourth-order valence-electron chi connectivity index (χ4n) is 2.48. The molecule has 0 bridgehead atoms. The maximum atomic E-state index is 12.0. The van der Waals surface area contributed by atoms with Crippen LogP contribution in [0, 0.1) is 11.3 Å². The minimum absolute atomic E-state index is 0.0139. The van der Waals surface area contributed by atoms with Gasteiger partial charge in [-0.2, -0.15) is 5.26 Å². The molecule has 0 unspecified atom stereocenters. The Morgan fingerprint density at radius 1 is 1.43 bits per heavy atom. The lowest BCUT2D eigenvalue weighted by Gasteiger charge is -2.41. The summed E-state index contributed by atoms with van der Waals surface area (Å²) >= 11 is 0. The smallest absolute Gasteiger partial charge is 0.234 e. The Morgan fingerprint density at radius 3 is 2.67 bits per heavy atom. The van der Waals surface area contributed by atoms with Gasteiger partial charge in [-0.05, 0) is 26.8 Å². The fourth-order valence-corrected chi connectivity index (χ4v) is 2.48. The zero-order chi connectivity index (χ0) is 15.7. The first-order valence-corrected chi connectivity index (χ1v) is 7.68. The molecular formula is C15H28N4O2. The monoisotopic (exact) mass is 296 g/mol. The van der Waals surface area contributed by atoms with Gasteiger partial charge >= 0.3 is 0 Å². The lowest BCUT2D eigenvalue weighted by Crippen LogP contribution is -2.56. The third-order valence-electron chi connectivity index (χ3n) is 3.79. The molecule has 0 aromatic heterocycles. The van der Waals surface area contributed by atoms with E-state index in [1.54, 1.807) is 0 Å². The molecule has 0 aromatic rings. The normalized spacial score (nSPS) is 16.7. The van der Waals surface area contributed by atoms with Crippen LogP contribution < -0.4 is 5.32 Å². The number of amides is 1. The van der Waals surface area contributed by atoms with Crippen molar-refractivity contribution in [2.75, 3.05) is 52.5 Å². The van der Waals surface area contributed by atoms with E-state index in [0.29, 0.717) is 19.6 Å². The quantitative estimate of drug-likeness (QED) is 0.659. The van der Waals surface area contributed by atoms with Gasteiger partial charge in [0.2, 0.25) is 5.91 Å². The standard InChI is InChI=1S/C15H28N4O2/c1-4-6-18(7-5-16)12-14(20)17-13-15(2,3)19-8-10-21-11-9-19/h4,6-13H2,1-3H3,(H,17,20). The van der Waals surface area contributed by atoms with Crippen LogP contribution in [-0.2, 0) is 9.53 Å². The molecular weight excluding hydrogens is 268 g/mol. The van der Waals surface area contributed by atoms with Gasteiger partial charge in [0.25, 0.3) is 0 Å². The van der Waals surface area contributed by atoms with Crippen molar-refractivity contribution >= 4 is 5.91 Å². The molecule has 1 saturated heterocycles. The highest BCUT2D eigenvalue weighted by Gasteiger charge is 2.28. The molecule has 0 spiro atoms. The van der Waals surface area contributed by atoms with Crippen LogP contribution in [0.25, 0.3) is 0 Å². The molecule has 1 fully saturated rings. The Morgan fingerprint density at radius 2 is 2.10 bits per heavy atom. The van der Waals surface area contributed by atoms with Gasteiger partial charge in [-0.15, -0.1) is 0 Å². The average molecular weight is 296 g/mol. The van der Waals surface area contributed by atoms with Crippen LogP contribution in [0.5, 0.6) is 0 Å². The molecule has 21 heavy (non-hydrogen) atoms. The van der Waals surface area contributed by atoms with Crippen LogP contribution in [0.3, 0.4) is 0 Å². The molecule has 1 aliphatic heterocycles. The van der Waals surface area contributed by atoms with Crippen molar-refractivity contribution in [1.82, 2.24) is 15.1 Å². The van der Waals surface area contributed by atoms with Crippen molar-refractivity contribution in [3.05, 3.63) is 0 Å². The summed E-state index contributed by atoms with van der Waals surface area (Å²) in [5, 5.41) is 11.8. The SMILES string of the molecule is CCCN(CC#N)CC(=O)NCC(C)(C)N1CCOCC1. The summed E-state index contributed by atoms with van der Waals surface area (Å²) in [5.41, 5.74) is -0.0791.